The van der Waals surface area contributed by atoms with Crippen LogP contribution in [0.3, 0.4) is 0 Å². The van der Waals surface area contributed by atoms with Gasteiger partial charge in [-0.05, 0) is 50.4 Å². The van der Waals surface area contributed by atoms with Gasteiger partial charge in [0.25, 0.3) is 5.91 Å². The van der Waals surface area contributed by atoms with Crippen LogP contribution < -0.4 is 10.1 Å². The van der Waals surface area contributed by atoms with Crippen molar-refractivity contribution < 1.29 is 14.3 Å². The molecule has 1 aromatic rings. The number of hydrogen-bond acceptors (Lipinski definition) is 3. The molecule has 0 heterocycles. The smallest absolute Gasteiger partial charge is 0.257 e. The maximum absolute atomic E-state index is 11.5. The van der Waals surface area contributed by atoms with Crippen LogP contribution in [0.5, 0.6) is 5.75 Å². The zero-order valence-corrected chi connectivity index (χ0v) is 13.7. The van der Waals surface area contributed by atoms with Crippen molar-refractivity contribution in [3.05, 3.63) is 26.6 Å². The zero-order chi connectivity index (χ0) is 14.3. The monoisotopic (exact) mass is 391 g/mol. The fraction of sp³-hybridized carbons (Fsp3) is 0.385. The molecule has 1 rings (SSSR count). The summed E-state index contributed by atoms with van der Waals surface area (Å²) in [6.07, 6.45) is 2.73. The number of carbonyl (C=O) groups is 2. The minimum absolute atomic E-state index is 0.0542. The highest BCUT2D eigenvalue weighted by molar-refractivity contribution is 9.11. The fourth-order valence-corrected chi connectivity index (χ4v) is 2.83. The summed E-state index contributed by atoms with van der Waals surface area (Å²) >= 11 is 6.61. The Bertz CT molecular complexity index is 440. The van der Waals surface area contributed by atoms with E-state index in [-0.39, 0.29) is 12.5 Å². The standard InChI is InChI=1S/C13H15Br2NO3/c1-2-3-4-16-12(18)8-19-13-10(14)5-9(7-17)6-11(13)15/h5-7H,2-4,8H2,1H3,(H,16,18). The first-order valence-corrected chi connectivity index (χ1v) is 7.50. The molecule has 0 aliphatic heterocycles. The minimum atomic E-state index is -0.160. The average molecular weight is 393 g/mol. The van der Waals surface area contributed by atoms with Crippen LogP contribution in [0.15, 0.2) is 21.1 Å². The van der Waals surface area contributed by atoms with Gasteiger partial charge in [-0.1, -0.05) is 13.3 Å². The van der Waals surface area contributed by atoms with Gasteiger partial charge < -0.3 is 10.1 Å². The van der Waals surface area contributed by atoms with Gasteiger partial charge in [-0.3, -0.25) is 9.59 Å². The highest BCUT2D eigenvalue weighted by Crippen LogP contribution is 2.34. The molecule has 0 saturated carbocycles. The number of amides is 1. The Labute approximate surface area is 129 Å². The molecule has 0 aliphatic carbocycles. The van der Waals surface area contributed by atoms with Crippen LogP contribution in [0, 0.1) is 0 Å². The number of unbranched alkanes of at least 4 members (excludes halogenated alkanes) is 1. The van der Waals surface area contributed by atoms with E-state index in [1.807, 2.05) is 0 Å². The SMILES string of the molecule is CCCCNC(=O)COc1c(Br)cc(C=O)cc1Br. The third-order valence-corrected chi connectivity index (χ3v) is 3.53. The molecule has 0 spiro atoms. The van der Waals surface area contributed by atoms with Gasteiger partial charge in [-0.2, -0.15) is 0 Å². The third-order valence-electron chi connectivity index (χ3n) is 2.36. The molecule has 1 amide bonds. The lowest BCUT2D eigenvalue weighted by Gasteiger charge is -2.11. The van der Waals surface area contributed by atoms with Gasteiger partial charge in [-0.25, -0.2) is 0 Å². The van der Waals surface area contributed by atoms with Crippen molar-refractivity contribution in [2.24, 2.45) is 0 Å². The number of aldehydes is 1. The first-order valence-electron chi connectivity index (χ1n) is 5.92. The number of benzene rings is 1. The number of hydrogen-bond donors (Lipinski definition) is 1. The Morgan fingerprint density at radius 1 is 1.37 bits per heavy atom. The van der Waals surface area contributed by atoms with Crippen molar-refractivity contribution in [1.29, 1.82) is 0 Å². The highest BCUT2D eigenvalue weighted by Gasteiger charge is 2.10. The van der Waals surface area contributed by atoms with Gasteiger partial charge in [0.1, 0.15) is 12.0 Å². The molecule has 6 heteroatoms. The normalized spacial score (nSPS) is 10.1. The second kappa shape index (κ2) is 8.32. The molecule has 104 valence electrons. The van der Waals surface area contributed by atoms with Crippen molar-refractivity contribution >= 4 is 44.1 Å². The summed E-state index contributed by atoms with van der Waals surface area (Å²) in [5.74, 6) is 0.350. The quantitative estimate of drug-likeness (QED) is 0.572. The molecule has 1 aromatic carbocycles. The largest absolute Gasteiger partial charge is 0.481 e. The molecule has 0 saturated heterocycles. The lowest BCUT2D eigenvalue weighted by Crippen LogP contribution is -2.29. The maximum atomic E-state index is 11.5. The molecule has 0 aliphatic rings. The Morgan fingerprint density at radius 3 is 2.53 bits per heavy atom. The molecule has 0 fully saturated rings. The molecular formula is C13H15Br2NO3. The fourth-order valence-electron chi connectivity index (χ4n) is 1.38. The summed E-state index contributed by atoms with van der Waals surface area (Å²) in [5, 5.41) is 2.76. The van der Waals surface area contributed by atoms with E-state index in [4.69, 9.17) is 4.74 Å². The van der Waals surface area contributed by atoms with E-state index >= 15 is 0 Å². The third kappa shape index (κ3) is 5.32. The molecule has 1 N–H and O–H groups in total. The van der Waals surface area contributed by atoms with Crippen LogP contribution in [0.1, 0.15) is 30.1 Å². The molecule has 0 unspecified atom stereocenters. The predicted molar refractivity (Wildman–Crippen MR) is 80.6 cm³/mol. The first kappa shape index (κ1) is 16.2. The van der Waals surface area contributed by atoms with Crippen LogP contribution in [0.4, 0.5) is 0 Å². The van der Waals surface area contributed by atoms with Gasteiger partial charge in [0.15, 0.2) is 6.61 Å². The van der Waals surface area contributed by atoms with Gasteiger partial charge in [-0.15, -0.1) is 0 Å². The predicted octanol–water partition coefficient (Wildman–Crippen LogP) is 3.32. The van der Waals surface area contributed by atoms with Crippen LogP contribution >= 0.6 is 31.9 Å². The number of nitrogens with one attached hydrogen (secondary N) is 1. The maximum Gasteiger partial charge on any atom is 0.257 e. The van der Waals surface area contributed by atoms with Crippen molar-refractivity contribution in [2.45, 2.75) is 19.8 Å². The molecule has 19 heavy (non-hydrogen) atoms. The van der Waals surface area contributed by atoms with Gasteiger partial charge in [0, 0.05) is 12.1 Å². The van der Waals surface area contributed by atoms with Crippen LogP contribution in [-0.2, 0) is 4.79 Å². The van der Waals surface area contributed by atoms with E-state index in [0.29, 0.717) is 26.8 Å². The van der Waals surface area contributed by atoms with E-state index in [1.54, 1.807) is 12.1 Å². The number of rotatable bonds is 7. The molecule has 0 aromatic heterocycles. The summed E-state index contributed by atoms with van der Waals surface area (Å²) in [6.45, 7) is 2.66. The lowest BCUT2D eigenvalue weighted by molar-refractivity contribution is -0.123. The van der Waals surface area contributed by atoms with Gasteiger partial charge in [0.05, 0.1) is 8.95 Å². The molecule has 0 atom stereocenters. The van der Waals surface area contributed by atoms with Crippen molar-refractivity contribution in [2.75, 3.05) is 13.2 Å². The highest BCUT2D eigenvalue weighted by atomic mass is 79.9. The molecular weight excluding hydrogens is 378 g/mol. The second-order valence-electron chi connectivity index (χ2n) is 3.92. The molecule has 0 radical (unpaired) electrons. The topological polar surface area (TPSA) is 55.4 Å². The second-order valence-corrected chi connectivity index (χ2v) is 5.63. The molecule has 0 bridgehead atoms. The molecule has 4 nitrogen and oxygen atoms in total. The van der Waals surface area contributed by atoms with Crippen LogP contribution in [-0.4, -0.2) is 25.3 Å². The Hall–Kier alpha value is -0.880. The van der Waals surface area contributed by atoms with Crippen LogP contribution in [0.25, 0.3) is 0 Å². The van der Waals surface area contributed by atoms with Gasteiger partial charge in [0.2, 0.25) is 0 Å². The zero-order valence-electron chi connectivity index (χ0n) is 10.5. The lowest BCUT2D eigenvalue weighted by atomic mass is 10.2. The van der Waals surface area contributed by atoms with E-state index in [9.17, 15) is 9.59 Å². The summed E-state index contributed by atoms with van der Waals surface area (Å²) in [5.41, 5.74) is 0.526. The van der Waals surface area contributed by atoms with Crippen LogP contribution in [0.2, 0.25) is 0 Å². The van der Waals surface area contributed by atoms with Crippen molar-refractivity contribution in [3.8, 4) is 5.75 Å². The average Bonchev–Trinajstić information content (AvgIpc) is 2.37. The number of carbonyl (C=O) groups excluding carboxylic acids is 2. The summed E-state index contributed by atoms with van der Waals surface area (Å²) in [4.78, 5) is 22.2. The van der Waals surface area contributed by atoms with Crippen molar-refractivity contribution in [1.82, 2.24) is 5.32 Å². The van der Waals surface area contributed by atoms with Crippen molar-refractivity contribution in [3.63, 3.8) is 0 Å². The summed E-state index contributed by atoms with van der Waals surface area (Å²) in [6, 6.07) is 3.28. The Morgan fingerprint density at radius 2 is 2.00 bits per heavy atom. The Kier molecular flexibility index (Phi) is 7.09. The minimum Gasteiger partial charge on any atom is -0.481 e. The van der Waals surface area contributed by atoms with E-state index in [2.05, 4.69) is 44.1 Å². The first-order chi connectivity index (χ1) is 9.08. The van der Waals surface area contributed by atoms with Gasteiger partial charge >= 0.3 is 0 Å². The van der Waals surface area contributed by atoms with E-state index < -0.39 is 0 Å². The van der Waals surface area contributed by atoms with E-state index in [0.717, 1.165) is 19.1 Å². The number of halogens is 2. The Balaban J connectivity index is 2.58. The van der Waals surface area contributed by atoms with E-state index in [1.165, 1.54) is 0 Å². The summed E-state index contributed by atoms with van der Waals surface area (Å²) in [7, 11) is 0. The summed E-state index contributed by atoms with van der Waals surface area (Å²) < 4.78 is 6.70. The number of ether oxygens (including phenoxy) is 1.